The van der Waals surface area contributed by atoms with Crippen molar-refractivity contribution in [2.75, 3.05) is 0 Å². The van der Waals surface area contributed by atoms with Crippen molar-refractivity contribution >= 4 is 21.7 Å². The second-order valence-corrected chi connectivity index (χ2v) is 5.62. The predicted octanol–water partition coefficient (Wildman–Crippen LogP) is 5.32. The van der Waals surface area contributed by atoms with E-state index in [4.69, 9.17) is 0 Å². The molecule has 0 aromatic heterocycles. The normalized spacial score (nSPS) is 11.5. The highest BCUT2D eigenvalue weighted by Gasteiger charge is 2.30. The first kappa shape index (κ1) is 15.8. The molecule has 0 saturated carbocycles. The van der Waals surface area contributed by atoms with E-state index in [2.05, 4.69) is 15.9 Å². The van der Waals surface area contributed by atoms with Crippen LogP contribution in [0.1, 0.15) is 32.6 Å². The van der Waals surface area contributed by atoms with Crippen molar-refractivity contribution in [1.82, 2.24) is 0 Å². The number of hydrogen-bond donors (Lipinski definition) is 0. The van der Waals surface area contributed by atoms with Crippen LogP contribution in [-0.4, -0.2) is 5.78 Å². The molecule has 0 aliphatic rings. The quantitative estimate of drug-likeness (QED) is 0.666. The van der Waals surface area contributed by atoms with Gasteiger partial charge in [-0.15, -0.1) is 0 Å². The molecule has 0 N–H and O–H groups in total. The number of halogens is 4. The first-order valence-electron chi connectivity index (χ1n) is 6.19. The number of rotatable bonds is 2. The van der Waals surface area contributed by atoms with Gasteiger partial charge in [0, 0.05) is 15.6 Å². The largest absolute Gasteiger partial charge is 0.416 e. The zero-order chi connectivity index (χ0) is 15.8. The van der Waals surface area contributed by atoms with Crippen LogP contribution < -0.4 is 0 Å². The number of aryl methyl sites for hydroxylation is 2. The molecule has 110 valence electrons. The van der Waals surface area contributed by atoms with Gasteiger partial charge in [-0.3, -0.25) is 4.79 Å². The summed E-state index contributed by atoms with van der Waals surface area (Å²) >= 11 is 3.41. The second-order valence-electron chi connectivity index (χ2n) is 4.83. The first-order valence-corrected chi connectivity index (χ1v) is 6.98. The number of carbonyl (C=O) groups is 1. The van der Waals surface area contributed by atoms with Crippen molar-refractivity contribution in [2.24, 2.45) is 0 Å². The third-order valence-corrected chi connectivity index (χ3v) is 4.42. The summed E-state index contributed by atoms with van der Waals surface area (Å²) < 4.78 is 38.4. The molecule has 2 rings (SSSR count). The number of carbonyl (C=O) groups excluding carboxylic acids is 1. The van der Waals surface area contributed by atoms with Crippen LogP contribution in [0.15, 0.2) is 40.9 Å². The van der Waals surface area contributed by atoms with Crippen LogP contribution in [0.5, 0.6) is 0 Å². The average molecular weight is 357 g/mol. The molecule has 0 heterocycles. The second kappa shape index (κ2) is 5.64. The maximum absolute atomic E-state index is 12.5. The van der Waals surface area contributed by atoms with Gasteiger partial charge in [-0.2, -0.15) is 13.2 Å². The Kier molecular flexibility index (Phi) is 4.23. The van der Waals surface area contributed by atoms with Gasteiger partial charge in [-0.25, -0.2) is 0 Å². The summed E-state index contributed by atoms with van der Waals surface area (Å²) in [5.41, 5.74) is 1.76. The maximum atomic E-state index is 12.5. The molecule has 0 saturated heterocycles. The van der Waals surface area contributed by atoms with E-state index in [-0.39, 0.29) is 11.3 Å². The Labute approximate surface area is 128 Å². The van der Waals surface area contributed by atoms with E-state index < -0.39 is 11.7 Å². The topological polar surface area (TPSA) is 17.1 Å². The van der Waals surface area contributed by atoms with E-state index in [0.717, 1.165) is 27.7 Å². The smallest absolute Gasteiger partial charge is 0.289 e. The molecule has 0 radical (unpaired) electrons. The lowest BCUT2D eigenvalue weighted by Gasteiger charge is -2.09. The molecule has 0 fully saturated rings. The third-order valence-electron chi connectivity index (χ3n) is 3.17. The Morgan fingerprint density at radius 1 is 0.952 bits per heavy atom. The summed E-state index contributed by atoms with van der Waals surface area (Å²) in [4.78, 5) is 12.3. The van der Waals surface area contributed by atoms with Crippen molar-refractivity contribution in [2.45, 2.75) is 20.0 Å². The van der Waals surface area contributed by atoms with Gasteiger partial charge in [-0.1, -0.05) is 28.1 Å². The number of benzene rings is 2. The van der Waals surface area contributed by atoms with Gasteiger partial charge in [0.25, 0.3) is 0 Å². The van der Waals surface area contributed by atoms with Crippen LogP contribution in [0.3, 0.4) is 0 Å². The minimum Gasteiger partial charge on any atom is -0.289 e. The number of ketones is 1. The highest BCUT2D eigenvalue weighted by molar-refractivity contribution is 9.10. The molecule has 0 aliphatic carbocycles. The molecule has 2 aromatic rings. The summed E-state index contributed by atoms with van der Waals surface area (Å²) in [6.07, 6.45) is -4.40. The summed E-state index contributed by atoms with van der Waals surface area (Å²) in [5, 5.41) is 0. The number of alkyl halides is 3. The number of hydrogen-bond acceptors (Lipinski definition) is 1. The lowest BCUT2D eigenvalue weighted by Crippen LogP contribution is -2.07. The SMILES string of the molecule is Cc1cc(C(=O)c2ccc(C(F)(F)F)cc2)cc(C)c1Br. The Bertz CT molecular complexity index is 665. The molecular weight excluding hydrogens is 345 g/mol. The molecule has 0 spiro atoms. The van der Waals surface area contributed by atoms with Crippen LogP contribution in [0.2, 0.25) is 0 Å². The molecule has 0 atom stereocenters. The molecule has 0 unspecified atom stereocenters. The van der Waals surface area contributed by atoms with Crippen LogP contribution in [0.4, 0.5) is 13.2 Å². The van der Waals surface area contributed by atoms with Crippen molar-refractivity contribution in [3.05, 3.63) is 68.7 Å². The fraction of sp³-hybridized carbons (Fsp3) is 0.188. The van der Waals surface area contributed by atoms with E-state index in [1.54, 1.807) is 12.1 Å². The minimum absolute atomic E-state index is 0.240. The zero-order valence-corrected chi connectivity index (χ0v) is 13.0. The zero-order valence-electron chi connectivity index (χ0n) is 11.4. The Hall–Kier alpha value is -1.62. The van der Waals surface area contributed by atoms with E-state index in [1.807, 2.05) is 13.8 Å². The summed E-state index contributed by atoms with van der Waals surface area (Å²) in [6.45, 7) is 3.72. The van der Waals surface area contributed by atoms with Crippen molar-refractivity contribution in [3.63, 3.8) is 0 Å². The fourth-order valence-electron chi connectivity index (χ4n) is 2.05. The van der Waals surface area contributed by atoms with E-state index >= 15 is 0 Å². The van der Waals surface area contributed by atoms with Gasteiger partial charge in [0.15, 0.2) is 5.78 Å². The van der Waals surface area contributed by atoms with E-state index in [9.17, 15) is 18.0 Å². The molecule has 1 nitrogen and oxygen atoms in total. The van der Waals surface area contributed by atoms with Crippen LogP contribution in [0.25, 0.3) is 0 Å². The Morgan fingerprint density at radius 3 is 1.86 bits per heavy atom. The third kappa shape index (κ3) is 3.35. The molecular formula is C16H12BrF3O. The molecule has 5 heteroatoms. The van der Waals surface area contributed by atoms with Crippen molar-refractivity contribution < 1.29 is 18.0 Å². The summed E-state index contributed by atoms with van der Waals surface area (Å²) in [6, 6.07) is 7.70. The molecule has 0 amide bonds. The highest BCUT2D eigenvalue weighted by atomic mass is 79.9. The monoisotopic (exact) mass is 356 g/mol. The van der Waals surface area contributed by atoms with Crippen LogP contribution >= 0.6 is 15.9 Å². The van der Waals surface area contributed by atoms with E-state index in [1.165, 1.54) is 12.1 Å². The van der Waals surface area contributed by atoms with Gasteiger partial charge in [-0.05, 0) is 49.2 Å². The molecule has 0 aliphatic heterocycles. The Balaban J connectivity index is 2.37. The van der Waals surface area contributed by atoms with E-state index in [0.29, 0.717) is 5.56 Å². The predicted molar refractivity (Wildman–Crippen MR) is 78.5 cm³/mol. The molecule has 21 heavy (non-hydrogen) atoms. The van der Waals surface area contributed by atoms with Crippen molar-refractivity contribution in [3.8, 4) is 0 Å². The summed E-state index contributed by atoms with van der Waals surface area (Å²) in [5.74, 6) is -0.289. The summed E-state index contributed by atoms with van der Waals surface area (Å²) in [7, 11) is 0. The molecule has 0 bridgehead atoms. The highest BCUT2D eigenvalue weighted by Crippen LogP contribution is 2.30. The minimum atomic E-state index is -4.40. The Morgan fingerprint density at radius 2 is 1.43 bits per heavy atom. The van der Waals surface area contributed by atoms with Crippen LogP contribution in [-0.2, 0) is 6.18 Å². The van der Waals surface area contributed by atoms with Gasteiger partial charge in [0.1, 0.15) is 0 Å². The lowest BCUT2D eigenvalue weighted by atomic mass is 9.98. The van der Waals surface area contributed by atoms with Crippen LogP contribution in [0, 0.1) is 13.8 Å². The molecule has 2 aromatic carbocycles. The van der Waals surface area contributed by atoms with Gasteiger partial charge >= 0.3 is 6.18 Å². The van der Waals surface area contributed by atoms with Crippen molar-refractivity contribution in [1.29, 1.82) is 0 Å². The fourth-order valence-corrected chi connectivity index (χ4v) is 2.28. The first-order chi connectivity index (χ1) is 9.70. The van der Waals surface area contributed by atoms with Gasteiger partial charge in [0.05, 0.1) is 5.56 Å². The van der Waals surface area contributed by atoms with Gasteiger partial charge in [0.2, 0.25) is 0 Å². The lowest BCUT2D eigenvalue weighted by molar-refractivity contribution is -0.137. The average Bonchev–Trinajstić information content (AvgIpc) is 2.42. The maximum Gasteiger partial charge on any atom is 0.416 e. The standard InChI is InChI=1S/C16H12BrF3O/c1-9-7-12(8-10(2)14(9)17)15(21)11-3-5-13(6-4-11)16(18,19)20/h3-8H,1-2H3. The van der Waals surface area contributed by atoms with Gasteiger partial charge < -0.3 is 0 Å².